The largest absolute Gasteiger partial charge is 0.375 e. The maximum Gasteiger partial charge on any atom is 0.257 e. The molecular weight excluding hydrogens is 254 g/mol. The SMILES string of the molecule is CCn1cc(C(=O)N2CCC[C@]3(CCCO3)CC2)cn1. The molecule has 1 amide bonds. The van der Waals surface area contributed by atoms with E-state index in [0.29, 0.717) is 5.56 Å². The molecule has 2 saturated heterocycles. The van der Waals surface area contributed by atoms with Crippen molar-refractivity contribution in [3.63, 3.8) is 0 Å². The van der Waals surface area contributed by atoms with E-state index < -0.39 is 0 Å². The fourth-order valence-corrected chi connectivity index (χ4v) is 3.35. The lowest BCUT2D eigenvalue weighted by Crippen LogP contribution is -2.34. The highest BCUT2D eigenvalue weighted by molar-refractivity contribution is 5.93. The second kappa shape index (κ2) is 5.56. The van der Waals surface area contributed by atoms with E-state index in [1.54, 1.807) is 10.9 Å². The van der Waals surface area contributed by atoms with Crippen LogP contribution in [0.1, 0.15) is 49.4 Å². The van der Waals surface area contributed by atoms with E-state index in [1.807, 2.05) is 18.0 Å². The number of hydrogen-bond acceptors (Lipinski definition) is 3. The van der Waals surface area contributed by atoms with Crippen molar-refractivity contribution >= 4 is 5.91 Å². The fourth-order valence-electron chi connectivity index (χ4n) is 3.35. The highest BCUT2D eigenvalue weighted by atomic mass is 16.5. The van der Waals surface area contributed by atoms with Crippen molar-refractivity contribution in [1.29, 1.82) is 0 Å². The summed E-state index contributed by atoms with van der Waals surface area (Å²) in [7, 11) is 0. The van der Waals surface area contributed by atoms with Gasteiger partial charge in [-0.3, -0.25) is 9.48 Å². The zero-order valence-electron chi connectivity index (χ0n) is 12.2. The summed E-state index contributed by atoms with van der Waals surface area (Å²) in [5.74, 6) is 0.111. The van der Waals surface area contributed by atoms with E-state index in [9.17, 15) is 4.79 Å². The van der Waals surface area contributed by atoms with Crippen LogP contribution < -0.4 is 0 Å². The maximum absolute atomic E-state index is 12.5. The highest BCUT2D eigenvalue weighted by Gasteiger charge is 2.37. The molecule has 1 spiro atoms. The average molecular weight is 277 g/mol. The van der Waals surface area contributed by atoms with Crippen molar-refractivity contribution in [2.24, 2.45) is 0 Å². The summed E-state index contributed by atoms with van der Waals surface area (Å²) < 4.78 is 7.76. The molecule has 20 heavy (non-hydrogen) atoms. The Morgan fingerprint density at radius 2 is 2.20 bits per heavy atom. The lowest BCUT2D eigenvalue weighted by atomic mass is 9.92. The summed E-state index contributed by atoms with van der Waals surface area (Å²) >= 11 is 0. The fraction of sp³-hybridized carbons (Fsp3) is 0.733. The third-order valence-electron chi connectivity index (χ3n) is 4.57. The first kappa shape index (κ1) is 13.6. The minimum Gasteiger partial charge on any atom is -0.375 e. The third kappa shape index (κ3) is 2.59. The van der Waals surface area contributed by atoms with E-state index in [0.717, 1.165) is 58.3 Å². The van der Waals surface area contributed by atoms with Crippen molar-refractivity contribution < 1.29 is 9.53 Å². The van der Waals surface area contributed by atoms with E-state index in [2.05, 4.69) is 5.10 Å². The quantitative estimate of drug-likeness (QED) is 0.831. The number of amides is 1. The van der Waals surface area contributed by atoms with Crippen molar-refractivity contribution in [2.75, 3.05) is 19.7 Å². The molecule has 0 saturated carbocycles. The molecule has 1 aromatic heterocycles. The van der Waals surface area contributed by atoms with Gasteiger partial charge in [0.05, 0.1) is 17.4 Å². The van der Waals surface area contributed by atoms with Crippen LogP contribution >= 0.6 is 0 Å². The number of hydrogen-bond donors (Lipinski definition) is 0. The molecule has 0 aliphatic carbocycles. The standard InChI is InChI=1S/C15H23N3O2/c1-2-18-12-13(11-16-18)14(19)17-8-3-5-15(7-9-17)6-4-10-20-15/h11-12H,2-10H2,1H3/t15-/m0/s1. The minimum absolute atomic E-state index is 0.0582. The topological polar surface area (TPSA) is 47.4 Å². The molecule has 110 valence electrons. The van der Waals surface area contributed by atoms with Gasteiger partial charge in [0, 0.05) is 32.4 Å². The molecule has 2 aliphatic rings. The number of aromatic nitrogens is 2. The van der Waals surface area contributed by atoms with E-state index in [4.69, 9.17) is 4.74 Å². The van der Waals surface area contributed by atoms with Gasteiger partial charge in [-0.25, -0.2) is 0 Å². The van der Waals surface area contributed by atoms with Crippen LogP contribution in [0.2, 0.25) is 0 Å². The van der Waals surface area contributed by atoms with E-state index in [1.165, 1.54) is 0 Å². The summed E-state index contributed by atoms with van der Waals surface area (Å²) in [5, 5.41) is 4.19. The van der Waals surface area contributed by atoms with Gasteiger partial charge in [-0.1, -0.05) is 0 Å². The molecule has 2 fully saturated rings. The molecule has 1 aromatic rings. The molecule has 0 unspecified atom stereocenters. The smallest absolute Gasteiger partial charge is 0.257 e. The molecule has 0 N–H and O–H groups in total. The van der Waals surface area contributed by atoms with Crippen LogP contribution in [0.15, 0.2) is 12.4 Å². The van der Waals surface area contributed by atoms with E-state index >= 15 is 0 Å². The van der Waals surface area contributed by atoms with E-state index in [-0.39, 0.29) is 11.5 Å². The van der Waals surface area contributed by atoms with Crippen molar-refractivity contribution in [3.05, 3.63) is 18.0 Å². The molecule has 3 heterocycles. The first-order chi connectivity index (χ1) is 9.72. The highest BCUT2D eigenvalue weighted by Crippen LogP contribution is 2.35. The summed E-state index contributed by atoms with van der Waals surface area (Å²) in [4.78, 5) is 14.5. The Kier molecular flexibility index (Phi) is 3.78. The van der Waals surface area contributed by atoms with Gasteiger partial charge in [-0.15, -0.1) is 0 Å². The summed E-state index contributed by atoms with van der Waals surface area (Å²) in [6, 6.07) is 0. The van der Waals surface area contributed by atoms with Crippen molar-refractivity contribution in [1.82, 2.24) is 14.7 Å². The molecule has 5 nitrogen and oxygen atoms in total. The van der Waals surface area contributed by atoms with Gasteiger partial charge < -0.3 is 9.64 Å². The van der Waals surface area contributed by atoms with Crippen LogP contribution in [0.5, 0.6) is 0 Å². The molecule has 0 bridgehead atoms. The zero-order valence-corrected chi connectivity index (χ0v) is 12.2. The van der Waals surface area contributed by atoms with Crippen molar-refractivity contribution in [3.8, 4) is 0 Å². The summed E-state index contributed by atoms with van der Waals surface area (Å²) in [6.45, 7) is 5.34. The zero-order chi connectivity index (χ0) is 14.0. The lowest BCUT2D eigenvalue weighted by Gasteiger charge is -2.26. The number of carbonyl (C=O) groups excluding carboxylic acids is 1. The Morgan fingerprint density at radius 3 is 2.90 bits per heavy atom. The minimum atomic E-state index is 0.0582. The second-order valence-corrected chi connectivity index (χ2v) is 5.87. The Morgan fingerprint density at radius 1 is 1.35 bits per heavy atom. The molecule has 1 atom stereocenters. The first-order valence-corrected chi connectivity index (χ1v) is 7.68. The second-order valence-electron chi connectivity index (χ2n) is 5.87. The number of ether oxygens (including phenoxy) is 1. The Hall–Kier alpha value is -1.36. The average Bonchev–Trinajstić information content (AvgIpc) is 3.06. The lowest BCUT2D eigenvalue weighted by molar-refractivity contribution is -0.00691. The molecule has 3 rings (SSSR count). The molecular formula is C15H23N3O2. The van der Waals surface area contributed by atoms with Gasteiger partial charge >= 0.3 is 0 Å². The number of aryl methyl sites for hydroxylation is 1. The molecule has 5 heteroatoms. The molecule has 2 aliphatic heterocycles. The van der Waals surface area contributed by atoms with Gasteiger partial charge in [0.1, 0.15) is 0 Å². The summed E-state index contributed by atoms with van der Waals surface area (Å²) in [6.07, 6.45) is 8.94. The van der Waals surface area contributed by atoms with Gasteiger partial charge in [-0.2, -0.15) is 5.10 Å². The third-order valence-corrected chi connectivity index (χ3v) is 4.57. The van der Waals surface area contributed by atoms with Crippen LogP contribution in [0, 0.1) is 0 Å². The first-order valence-electron chi connectivity index (χ1n) is 7.68. The molecule has 0 radical (unpaired) electrons. The van der Waals surface area contributed by atoms with Crippen LogP contribution in [-0.4, -0.2) is 45.9 Å². The molecule has 0 aromatic carbocycles. The van der Waals surface area contributed by atoms with Crippen LogP contribution in [0.3, 0.4) is 0 Å². The normalized spacial score (nSPS) is 26.9. The van der Waals surface area contributed by atoms with Gasteiger partial charge in [0.25, 0.3) is 5.91 Å². The Balaban J connectivity index is 1.66. The predicted molar refractivity (Wildman–Crippen MR) is 75.6 cm³/mol. The predicted octanol–water partition coefficient (Wildman–Crippen LogP) is 2.08. The van der Waals surface area contributed by atoms with Crippen LogP contribution in [0.25, 0.3) is 0 Å². The number of nitrogens with zero attached hydrogens (tertiary/aromatic N) is 3. The monoisotopic (exact) mass is 277 g/mol. The van der Waals surface area contributed by atoms with Crippen LogP contribution in [0.4, 0.5) is 0 Å². The van der Waals surface area contributed by atoms with Gasteiger partial charge in [-0.05, 0) is 39.0 Å². The Labute approximate surface area is 119 Å². The summed E-state index contributed by atoms with van der Waals surface area (Å²) in [5.41, 5.74) is 0.762. The van der Waals surface area contributed by atoms with Crippen molar-refractivity contribution in [2.45, 2.75) is 51.2 Å². The number of carbonyl (C=O) groups is 1. The Bertz CT molecular complexity index is 477. The maximum atomic E-state index is 12.5. The van der Waals surface area contributed by atoms with Crippen LogP contribution in [-0.2, 0) is 11.3 Å². The number of rotatable bonds is 2. The van der Waals surface area contributed by atoms with Gasteiger partial charge in [0.15, 0.2) is 0 Å². The van der Waals surface area contributed by atoms with Gasteiger partial charge in [0.2, 0.25) is 0 Å². The number of likely N-dealkylation sites (tertiary alicyclic amines) is 1.